The van der Waals surface area contributed by atoms with Crippen LogP contribution in [0.3, 0.4) is 0 Å². The van der Waals surface area contributed by atoms with Gasteiger partial charge in [-0.25, -0.2) is 0 Å². The number of hydrogen-bond acceptors (Lipinski definition) is 5. The Hall–Kier alpha value is -3.22. The van der Waals surface area contributed by atoms with Crippen molar-refractivity contribution in [3.63, 3.8) is 0 Å². The predicted octanol–water partition coefficient (Wildman–Crippen LogP) is 2.00. The number of para-hydroxylation sites is 4. The highest BCUT2D eigenvalue weighted by Crippen LogP contribution is 2.33. The van der Waals surface area contributed by atoms with Crippen LogP contribution in [-0.2, 0) is 9.59 Å². The van der Waals surface area contributed by atoms with E-state index in [0.717, 1.165) is 0 Å². The molecule has 1 atom stereocenters. The standard InChI is InChI=1S/C20H22N2O5/c1-3-25-16-10-6-7-11-17(16)26-13-19(23)22-12-18(20(24)21-2)27-15-9-5-4-8-14(15)22/h4-11,18H,3,12-13H2,1-2H3,(H,21,24). The highest BCUT2D eigenvalue weighted by molar-refractivity contribution is 5.98. The van der Waals surface area contributed by atoms with E-state index in [1.807, 2.05) is 25.1 Å². The van der Waals surface area contributed by atoms with Crippen molar-refractivity contribution in [2.75, 3.05) is 31.7 Å². The predicted molar refractivity (Wildman–Crippen MR) is 100 cm³/mol. The molecule has 2 aromatic carbocycles. The van der Waals surface area contributed by atoms with E-state index in [9.17, 15) is 9.59 Å². The summed E-state index contributed by atoms with van der Waals surface area (Å²) in [6.07, 6.45) is -0.774. The molecule has 142 valence electrons. The summed E-state index contributed by atoms with van der Waals surface area (Å²) >= 11 is 0. The number of fused-ring (bicyclic) bond motifs is 1. The zero-order valence-corrected chi connectivity index (χ0v) is 15.3. The fourth-order valence-electron chi connectivity index (χ4n) is 2.83. The molecule has 0 fully saturated rings. The minimum absolute atomic E-state index is 0.117. The number of hydrogen-bond donors (Lipinski definition) is 1. The van der Waals surface area contributed by atoms with Gasteiger partial charge in [-0.05, 0) is 31.2 Å². The molecule has 2 aromatic rings. The van der Waals surface area contributed by atoms with E-state index < -0.39 is 6.10 Å². The van der Waals surface area contributed by atoms with Crippen LogP contribution < -0.4 is 24.4 Å². The molecule has 3 rings (SSSR count). The highest BCUT2D eigenvalue weighted by atomic mass is 16.5. The van der Waals surface area contributed by atoms with Gasteiger partial charge in [0.05, 0.1) is 18.8 Å². The maximum atomic E-state index is 12.8. The molecule has 0 aromatic heterocycles. The van der Waals surface area contributed by atoms with Gasteiger partial charge in [0.2, 0.25) is 0 Å². The number of nitrogens with zero attached hydrogens (tertiary/aromatic N) is 1. The zero-order valence-electron chi connectivity index (χ0n) is 15.3. The number of likely N-dealkylation sites (N-methyl/N-ethyl adjacent to an activating group) is 1. The number of benzene rings is 2. The number of ether oxygens (including phenoxy) is 3. The van der Waals surface area contributed by atoms with E-state index in [2.05, 4.69) is 5.32 Å². The van der Waals surface area contributed by atoms with E-state index in [4.69, 9.17) is 14.2 Å². The molecule has 1 aliphatic heterocycles. The summed E-state index contributed by atoms with van der Waals surface area (Å²) in [6, 6.07) is 14.3. The normalized spacial score (nSPS) is 15.3. The first-order chi connectivity index (χ1) is 13.1. The first-order valence-electron chi connectivity index (χ1n) is 8.76. The molecular formula is C20H22N2O5. The largest absolute Gasteiger partial charge is 0.490 e. The lowest BCUT2D eigenvalue weighted by Crippen LogP contribution is -2.51. The zero-order chi connectivity index (χ0) is 19.2. The monoisotopic (exact) mass is 370 g/mol. The average Bonchev–Trinajstić information content (AvgIpc) is 2.71. The molecule has 0 saturated heterocycles. The van der Waals surface area contributed by atoms with Gasteiger partial charge in [-0.2, -0.15) is 0 Å². The fourth-order valence-corrected chi connectivity index (χ4v) is 2.83. The highest BCUT2D eigenvalue weighted by Gasteiger charge is 2.33. The van der Waals surface area contributed by atoms with Gasteiger partial charge < -0.3 is 24.4 Å². The van der Waals surface area contributed by atoms with Crippen LogP contribution in [0.15, 0.2) is 48.5 Å². The Labute approximate surface area is 157 Å². The topological polar surface area (TPSA) is 77.1 Å². The van der Waals surface area contributed by atoms with Crippen LogP contribution in [0, 0.1) is 0 Å². The number of carbonyl (C=O) groups excluding carboxylic acids is 2. The number of carbonyl (C=O) groups is 2. The van der Waals surface area contributed by atoms with Gasteiger partial charge in [-0.3, -0.25) is 9.59 Å². The number of anilines is 1. The minimum Gasteiger partial charge on any atom is -0.490 e. The Morgan fingerprint density at radius 3 is 2.48 bits per heavy atom. The third kappa shape index (κ3) is 4.13. The number of rotatable bonds is 6. The van der Waals surface area contributed by atoms with Crippen LogP contribution in [0.1, 0.15) is 6.92 Å². The quantitative estimate of drug-likeness (QED) is 0.842. The Morgan fingerprint density at radius 1 is 1.11 bits per heavy atom. The van der Waals surface area contributed by atoms with Crippen molar-refractivity contribution in [2.45, 2.75) is 13.0 Å². The third-order valence-electron chi connectivity index (χ3n) is 4.11. The van der Waals surface area contributed by atoms with Crippen LogP contribution in [0.4, 0.5) is 5.69 Å². The summed E-state index contributed by atoms with van der Waals surface area (Å²) < 4.78 is 16.9. The Balaban J connectivity index is 1.76. The first-order valence-corrected chi connectivity index (χ1v) is 8.76. The second-order valence-electron chi connectivity index (χ2n) is 5.86. The van der Waals surface area contributed by atoms with E-state index in [1.54, 1.807) is 30.3 Å². The summed E-state index contributed by atoms with van der Waals surface area (Å²) in [6.45, 7) is 2.31. The van der Waals surface area contributed by atoms with Gasteiger partial charge in [0.25, 0.3) is 11.8 Å². The van der Waals surface area contributed by atoms with Gasteiger partial charge >= 0.3 is 0 Å². The SMILES string of the molecule is CCOc1ccccc1OCC(=O)N1CC(C(=O)NC)Oc2ccccc21. The van der Waals surface area contributed by atoms with Crippen LogP contribution >= 0.6 is 0 Å². The van der Waals surface area contributed by atoms with Crippen LogP contribution in [0.25, 0.3) is 0 Å². The molecule has 1 unspecified atom stereocenters. The van der Waals surface area contributed by atoms with Crippen molar-refractivity contribution in [2.24, 2.45) is 0 Å². The molecule has 7 heteroatoms. The average molecular weight is 370 g/mol. The number of nitrogens with one attached hydrogen (secondary N) is 1. The minimum atomic E-state index is -0.774. The maximum Gasteiger partial charge on any atom is 0.265 e. The fraction of sp³-hybridized carbons (Fsp3) is 0.300. The van der Waals surface area contributed by atoms with Crippen molar-refractivity contribution in [1.29, 1.82) is 0 Å². The van der Waals surface area contributed by atoms with Crippen molar-refractivity contribution in [3.05, 3.63) is 48.5 Å². The summed E-state index contributed by atoms with van der Waals surface area (Å²) in [5.74, 6) is 1.01. The molecule has 1 heterocycles. The first kappa shape index (κ1) is 18.6. The van der Waals surface area contributed by atoms with Crippen LogP contribution in [-0.4, -0.2) is 44.7 Å². The molecule has 0 bridgehead atoms. The lowest BCUT2D eigenvalue weighted by Gasteiger charge is -2.33. The van der Waals surface area contributed by atoms with Crippen molar-refractivity contribution in [1.82, 2.24) is 5.32 Å². The number of amides is 2. The summed E-state index contributed by atoms with van der Waals surface area (Å²) in [4.78, 5) is 26.4. The van der Waals surface area contributed by atoms with Crippen LogP contribution in [0.5, 0.6) is 17.2 Å². The summed E-state index contributed by atoms with van der Waals surface area (Å²) in [5, 5.41) is 2.55. The molecule has 1 N–H and O–H groups in total. The molecule has 0 aliphatic carbocycles. The van der Waals surface area contributed by atoms with Crippen LogP contribution in [0.2, 0.25) is 0 Å². The lowest BCUT2D eigenvalue weighted by molar-refractivity contribution is -0.128. The van der Waals surface area contributed by atoms with E-state index in [1.165, 1.54) is 11.9 Å². The maximum absolute atomic E-state index is 12.8. The Morgan fingerprint density at radius 2 is 1.78 bits per heavy atom. The third-order valence-corrected chi connectivity index (χ3v) is 4.11. The molecule has 0 spiro atoms. The lowest BCUT2D eigenvalue weighted by atomic mass is 10.1. The smallest absolute Gasteiger partial charge is 0.265 e. The second-order valence-corrected chi connectivity index (χ2v) is 5.86. The van der Waals surface area contributed by atoms with Crippen molar-refractivity contribution >= 4 is 17.5 Å². The summed E-state index contributed by atoms with van der Waals surface area (Å²) in [5.41, 5.74) is 0.615. The van der Waals surface area contributed by atoms with Gasteiger partial charge in [0, 0.05) is 7.05 Å². The Bertz CT molecular complexity index is 824. The van der Waals surface area contributed by atoms with Gasteiger partial charge in [0.1, 0.15) is 5.75 Å². The molecule has 27 heavy (non-hydrogen) atoms. The van der Waals surface area contributed by atoms with Crippen molar-refractivity contribution < 1.29 is 23.8 Å². The molecule has 0 saturated carbocycles. The van der Waals surface area contributed by atoms with Gasteiger partial charge in [-0.1, -0.05) is 24.3 Å². The van der Waals surface area contributed by atoms with E-state index in [-0.39, 0.29) is 25.0 Å². The molecular weight excluding hydrogens is 348 g/mol. The van der Waals surface area contributed by atoms with Gasteiger partial charge in [-0.15, -0.1) is 0 Å². The molecule has 7 nitrogen and oxygen atoms in total. The van der Waals surface area contributed by atoms with Crippen molar-refractivity contribution in [3.8, 4) is 17.2 Å². The second kappa shape index (κ2) is 8.44. The molecule has 2 amide bonds. The van der Waals surface area contributed by atoms with Gasteiger partial charge in [0.15, 0.2) is 24.2 Å². The van der Waals surface area contributed by atoms with E-state index >= 15 is 0 Å². The molecule has 0 radical (unpaired) electrons. The Kier molecular flexibility index (Phi) is 5.80. The summed E-state index contributed by atoms with van der Waals surface area (Å²) in [7, 11) is 1.53. The van der Waals surface area contributed by atoms with E-state index in [0.29, 0.717) is 29.5 Å². The molecule has 1 aliphatic rings.